The minimum absolute atomic E-state index is 0.0673. The Balaban J connectivity index is 1.46. The third-order valence-corrected chi connectivity index (χ3v) is 5.49. The van der Waals surface area contributed by atoms with E-state index in [0.717, 1.165) is 12.0 Å². The van der Waals surface area contributed by atoms with Crippen molar-refractivity contribution in [2.75, 3.05) is 27.2 Å². The van der Waals surface area contributed by atoms with Crippen LogP contribution in [0.25, 0.3) is 0 Å². The first-order valence-electron chi connectivity index (χ1n) is 10.3. The van der Waals surface area contributed by atoms with Crippen LogP contribution < -0.4 is 5.32 Å². The summed E-state index contributed by atoms with van der Waals surface area (Å²) in [4.78, 5) is 40.6. The Labute approximate surface area is 177 Å². The van der Waals surface area contributed by atoms with E-state index in [4.69, 9.17) is 0 Å². The van der Waals surface area contributed by atoms with Gasteiger partial charge in [-0.25, -0.2) is 0 Å². The van der Waals surface area contributed by atoms with Crippen molar-refractivity contribution < 1.29 is 14.4 Å². The summed E-state index contributed by atoms with van der Waals surface area (Å²) in [6, 6.07) is 15.7. The number of hydrogen-bond donors (Lipinski definition) is 1. The molecule has 1 N–H and O–H groups in total. The molecule has 0 spiro atoms. The first kappa shape index (κ1) is 21.7. The zero-order valence-corrected chi connectivity index (χ0v) is 17.9. The smallest absolute Gasteiger partial charge is 0.261 e. The summed E-state index contributed by atoms with van der Waals surface area (Å²) < 4.78 is 0. The SMILES string of the molecule is Cc1ccc2c(c1)C(=O)N(CCCC(=O)NC[C@@H](Cc1ccccc1)N(C)C)C2=O. The molecule has 0 saturated carbocycles. The van der Waals surface area contributed by atoms with Gasteiger partial charge in [0.25, 0.3) is 11.8 Å². The first-order valence-corrected chi connectivity index (χ1v) is 10.3. The Morgan fingerprint density at radius 1 is 1.03 bits per heavy atom. The maximum atomic E-state index is 12.5. The second-order valence-corrected chi connectivity index (χ2v) is 8.03. The Morgan fingerprint density at radius 3 is 2.43 bits per heavy atom. The van der Waals surface area contributed by atoms with Crippen LogP contribution in [0.4, 0.5) is 0 Å². The zero-order chi connectivity index (χ0) is 21.7. The standard InChI is InChI=1S/C24H29N3O3/c1-17-11-12-20-21(14-17)24(30)27(23(20)29)13-7-10-22(28)25-16-19(26(2)3)15-18-8-5-4-6-9-18/h4-6,8-9,11-12,14,19H,7,10,13,15-16H2,1-3H3,(H,25,28)/t19-/m1/s1. The number of carbonyl (C=O) groups excluding carboxylic acids is 3. The summed E-state index contributed by atoms with van der Waals surface area (Å²) >= 11 is 0. The minimum Gasteiger partial charge on any atom is -0.355 e. The van der Waals surface area contributed by atoms with Crippen molar-refractivity contribution in [3.05, 3.63) is 70.8 Å². The highest BCUT2D eigenvalue weighted by Crippen LogP contribution is 2.24. The molecule has 3 rings (SSSR count). The topological polar surface area (TPSA) is 69.7 Å². The molecule has 6 heteroatoms. The van der Waals surface area contributed by atoms with Crippen LogP contribution in [0, 0.1) is 6.92 Å². The molecular weight excluding hydrogens is 378 g/mol. The van der Waals surface area contributed by atoms with Gasteiger partial charge in [0, 0.05) is 25.6 Å². The van der Waals surface area contributed by atoms with Crippen molar-refractivity contribution in [3.63, 3.8) is 0 Å². The van der Waals surface area contributed by atoms with Gasteiger partial charge >= 0.3 is 0 Å². The fourth-order valence-electron chi connectivity index (χ4n) is 3.65. The largest absolute Gasteiger partial charge is 0.355 e. The molecule has 0 aromatic heterocycles. The van der Waals surface area contributed by atoms with Crippen molar-refractivity contribution in [1.82, 2.24) is 15.1 Å². The number of aryl methyl sites for hydroxylation is 1. The van der Waals surface area contributed by atoms with E-state index >= 15 is 0 Å². The average Bonchev–Trinajstić information content (AvgIpc) is 2.95. The van der Waals surface area contributed by atoms with E-state index in [0.29, 0.717) is 24.1 Å². The van der Waals surface area contributed by atoms with Gasteiger partial charge in [-0.1, -0.05) is 42.0 Å². The molecule has 3 amide bonds. The van der Waals surface area contributed by atoms with Crippen molar-refractivity contribution in [1.29, 1.82) is 0 Å². The molecule has 1 atom stereocenters. The lowest BCUT2D eigenvalue weighted by molar-refractivity contribution is -0.121. The third-order valence-electron chi connectivity index (χ3n) is 5.49. The number of nitrogens with zero attached hydrogens (tertiary/aromatic N) is 2. The van der Waals surface area contributed by atoms with Crippen LogP contribution in [-0.2, 0) is 11.2 Å². The number of rotatable bonds is 9. The number of imide groups is 1. The molecule has 0 aliphatic carbocycles. The van der Waals surface area contributed by atoms with Crippen molar-refractivity contribution >= 4 is 17.7 Å². The third kappa shape index (κ3) is 5.13. The number of amides is 3. The molecule has 1 aliphatic rings. The molecule has 2 aromatic rings. The molecule has 2 aromatic carbocycles. The van der Waals surface area contributed by atoms with E-state index in [9.17, 15) is 14.4 Å². The molecule has 0 fully saturated rings. The van der Waals surface area contributed by atoms with E-state index in [-0.39, 0.29) is 36.7 Å². The molecule has 0 radical (unpaired) electrons. The van der Waals surface area contributed by atoms with Gasteiger partial charge in [-0.2, -0.15) is 0 Å². The van der Waals surface area contributed by atoms with Gasteiger partial charge in [0.15, 0.2) is 0 Å². The highest BCUT2D eigenvalue weighted by atomic mass is 16.2. The van der Waals surface area contributed by atoms with Crippen molar-refractivity contribution in [2.24, 2.45) is 0 Å². The van der Waals surface area contributed by atoms with Gasteiger partial charge in [-0.15, -0.1) is 0 Å². The average molecular weight is 408 g/mol. The molecule has 0 unspecified atom stereocenters. The Bertz CT molecular complexity index is 925. The predicted octanol–water partition coefficient (Wildman–Crippen LogP) is 2.66. The lowest BCUT2D eigenvalue weighted by atomic mass is 10.1. The summed E-state index contributed by atoms with van der Waals surface area (Å²) in [6.07, 6.45) is 1.57. The molecule has 158 valence electrons. The predicted molar refractivity (Wildman–Crippen MR) is 116 cm³/mol. The monoisotopic (exact) mass is 407 g/mol. The quantitative estimate of drug-likeness (QED) is 0.649. The maximum Gasteiger partial charge on any atom is 0.261 e. The highest BCUT2D eigenvalue weighted by Gasteiger charge is 2.34. The van der Waals surface area contributed by atoms with Gasteiger partial charge in [0.05, 0.1) is 11.1 Å². The van der Waals surface area contributed by atoms with Gasteiger partial charge in [-0.05, 0) is 51.6 Å². The van der Waals surface area contributed by atoms with Crippen molar-refractivity contribution in [3.8, 4) is 0 Å². The van der Waals surface area contributed by atoms with E-state index in [1.807, 2.05) is 45.3 Å². The Hall–Kier alpha value is -2.99. The van der Waals surface area contributed by atoms with Crippen molar-refractivity contribution in [2.45, 2.75) is 32.2 Å². The lowest BCUT2D eigenvalue weighted by Gasteiger charge is -2.25. The van der Waals surface area contributed by atoms with E-state index in [1.54, 1.807) is 12.1 Å². The van der Waals surface area contributed by atoms with Gasteiger partial charge < -0.3 is 10.2 Å². The van der Waals surface area contributed by atoms with E-state index < -0.39 is 0 Å². The molecule has 6 nitrogen and oxygen atoms in total. The zero-order valence-electron chi connectivity index (χ0n) is 17.9. The van der Waals surface area contributed by atoms with Crippen LogP contribution >= 0.6 is 0 Å². The number of carbonyl (C=O) groups is 3. The summed E-state index contributed by atoms with van der Waals surface area (Å²) in [5.41, 5.74) is 3.08. The van der Waals surface area contributed by atoms with Gasteiger partial charge in [0.1, 0.15) is 0 Å². The fraction of sp³-hybridized carbons (Fsp3) is 0.375. The summed E-state index contributed by atoms with van der Waals surface area (Å²) in [6.45, 7) is 2.69. The Morgan fingerprint density at radius 2 is 1.73 bits per heavy atom. The number of likely N-dealkylation sites (N-methyl/N-ethyl adjacent to an activating group) is 1. The number of benzene rings is 2. The minimum atomic E-state index is -0.272. The summed E-state index contributed by atoms with van der Waals surface area (Å²) in [7, 11) is 4.01. The molecule has 0 bridgehead atoms. The second-order valence-electron chi connectivity index (χ2n) is 8.03. The molecule has 1 aliphatic heterocycles. The highest BCUT2D eigenvalue weighted by molar-refractivity contribution is 6.21. The normalized spacial score (nSPS) is 14.2. The van der Waals surface area contributed by atoms with E-state index in [1.165, 1.54) is 10.5 Å². The number of hydrogen-bond acceptors (Lipinski definition) is 4. The summed E-state index contributed by atoms with van der Waals surface area (Å²) in [5, 5.41) is 2.99. The number of fused-ring (bicyclic) bond motifs is 1. The van der Waals surface area contributed by atoms with Crippen LogP contribution in [0.3, 0.4) is 0 Å². The van der Waals surface area contributed by atoms with Crippen LogP contribution in [0.15, 0.2) is 48.5 Å². The van der Waals surface area contributed by atoms with Gasteiger partial charge in [-0.3, -0.25) is 19.3 Å². The summed E-state index contributed by atoms with van der Waals surface area (Å²) in [5.74, 6) is -0.608. The van der Waals surface area contributed by atoms with Crippen LogP contribution in [0.5, 0.6) is 0 Å². The van der Waals surface area contributed by atoms with Crippen LogP contribution in [0.1, 0.15) is 44.7 Å². The lowest BCUT2D eigenvalue weighted by Crippen LogP contribution is -2.41. The van der Waals surface area contributed by atoms with Crippen LogP contribution in [-0.4, -0.2) is 60.7 Å². The first-order chi connectivity index (χ1) is 14.4. The Kier molecular flexibility index (Phi) is 7.00. The maximum absolute atomic E-state index is 12.5. The van der Waals surface area contributed by atoms with Gasteiger partial charge in [0.2, 0.25) is 5.91 Å². The second kappa shape index (κ2) is 9.67. The molecule has 0 saturated heterocycles. The molecule has 1 heterocycles. The fourth-order valence-corrected chi connectivity index (χ4v) is 3.65. The molecular formula is C24H29N3O3. The van der Waals surface area contributed by atoms with E-state index in [2.05, 4.69) is 22.3 Å². The number of nitrogens with one attached hydrogen (secondary N) is 1. The van der Waals surface area contributed by atoms with Crippen LogP contribution in [0.2, 0.25) is 0 Å². The molecule has 30 heavy (non-hydrogen) atoms.